The van der Waals surface area contributed by atoms with E-state index in [-0.39, 0.29) is 17.4 Å². The molecule has 4 N–H and O–H groups in total. The van der Waals surface area contributed by atoms with Gasteiger partial charge in [0.1, 0.15) is 0 Å². The fraction of sp³-hybridized carbons (Fsp3) is 0.300. The lowest BCUT2D eigenvalue weighted by atomic mass is 9.92. The van der Waals surface area contributed by atoms with Gasteiger partial charge in [-0.2, -0.15) is 0 Å². The van der Waals surface area contributed by atoms with Crippen LogP contribution in [-0.2, 0) is 0 Å². The molecule has 2 amide bonds. The van der Waals surface area contributed by atoms with Crippen LogP contribution in [0.3, 0.4) is 0 Å². The molecule has 28 heavy (non-hydrogen) atoms. The Morgan fingerprint density at radius 2 is 1.82 bits per heavy atom. The van der Waals surface area contributed by atoms with Crippen LogP contribution >= 0.6 is 0 Å². The molecule has 4 rings (SSSR count). The zero-order chi connectivity index (χ0) is 19.7. The molecular formula is C20H21N5O3. The lowest BCUT2D eigenvalue weighted by molar-refractivity contribution is 0.0609. The first kappa shape index (κ1) is 18.3. The van der Waals surface area contributed by atoms with Crippen molar-refractivity contribution in [2.75, 3.05) is 26.2 Å². The van der Waals surface area contributed by atoms with Crippen LogP contribution in [-0.4, -0.2) is 52.9 Å². The first-order valence-corrected chi connectivity index (χ1v) is 9.33. The maximum absolute atomic E-state index is 13.1. The number of nitrogens with one attached hydrogen (secondary N) is 2. The highest BCUT2D eigenvalue weighted by molar-refractivity contribution is 6.28. The van der Waals surface area contributed by atoms with Gasteiger partial charge >= 0.3 is 0 Å². The summed E-state index contributed by atoms with van der Waals surface area (Å²) in [4.78, 5) is 46.3. The molecule has 0 atom stereocenters. The van der Waals surface area contributed by atoms with Gasteiger partial charge in [0.2, 0.25) is 0 Å². The fourth-order valence-electron chi connectivity index (χ4n) is 3.66. The zero-order valence-corrected chi connectivity index (χ0v) is 15.3. The number of benzene rings is 2. The number of imide groups is 1. The van der Waals surface area contributed by atoms with E-state index in [1.54, 1.807) is 24.3 Å². The van der Waals surface area contributed by atoms with Crippen molar-refractivity contribution < 1.29 is 9.59 Å². The number of aromatic nitrogens is 2. The molecule has 1 aliphatic heterocycles. The summed E-state index contributed by atoms with van der Waals surface area (Å²) < 4.78 is 0. The number of nitrogens with two attached hydrogens (primary N) is 1. The smallest absolute Gasteiger partial charge is 0.261 e. The first-order valence-electron chi connectivity index (χ1n) is 9.33. The number of nitrogens with zero attached hydrogens (tertiary/aromatic N) is 2. The Labute approximate surface area is 160 Å². The van der Waals surface area contributed by atoms with Gasteiger partial charge in [0.15, 0.2) is 0 Å². The number of hydrogen-bond donors (Lipinski definition) is 3. The van der Waals surface area contributed by atoms with Gasteiger partial charge in [-0.05, 0) is 44.6 Å². The summed E-state index contributed by atoms with van der Waals surface area (Å²) in [6, 6.07) is 6.80. The average molecular weight is 379 g/mol. The van der Waals surface area contributed by atoms with Crippen LogP contribution in [0.2, 0.25) is 0 Å². The van der Waals surface area contributed by atoms with Crippen molar-refractivity contribution in [1.29, 1.82) is 0 Å². The molecule has 8 nitrogen and oxygen atoms in total. The number of carbonyl (C=O) groups excluding carboxylic acids is 2. The van der Waals surface area contributed by atoms with Crippen molar-refractivity contribution in [3.63, 3.8) is 0 Å². The van der Waals surface area contributed by atoms with Gasteiger partial charge in [0.05, 0.1) is 17.2 Å². The van der Waals surface area contributed by atoms with Crippen LogP contribution in [0.5, 0.6) is 0 Å². The van der Waals surface area contributed by atoms with E-state index in [2.05, 4.69) is 15.3 Å². The molecule has 2 aromatic carbocycles. The maximum Gasteiger partial charge on any atom is 0.261 e. The molecule has 0 unspecified atom stereocenters. The van der Waals surface area contributed by atoms with Crippen LogP contribution in [0.15, 0.2) is 35.4 Å². The number of aromatic amines is 1. The average Bonchev–Trinajstić information content (AvgIpc) is 2.71. The van der Waals surface area contributed by atoms with E-state index in [0.29, 0.717) is 58.9 Å². The molecular weight excluding hydrogens is 358 g/mol. The summed E-state index contributed by atoms with van der Waals surface area (Å²) in [6.45, 7) is 2.43. The predicted molar refractivity (Wildman–Crippen MR) is 106 cm³/mol. The highest BCUT2D eigenvalue weighted by Gasteiger charge is 2.33. The number of H-pyrrole nitrogens is 1. The van der Waals surface area contributed by atoms with Crippen molar-refractivity contribution in [1.82, 2.24) is 20.2 Å². The summed E-state index contributed by atoms with van der Waals surface area (Å²) in [5.74, 6) is -0.685. The van der Waals surface area contributed by atoms with E-state index in [1.165, 1.54) is 11.2 Å². The van der Waals surface area contributed by atoms with Crippen molar-refractivity contribution in [3.8, 4) is 0 Å². The largest absolute Gasteiger partial charge is 0.330 e. The van der Waals surface area contributed by atoms with Gasteiger partial charge in [-0.3, -0.25) is 19.3 Å². The van der Waals surface area contributed by atoms with Crippen molar-refractivity contribution >= 4 is 33.5 Å². The van der Waals surface area contributed by atoms with Crippen molar-refractivity contribution in [2.45, 2.75) is 12.8 Å². The lowest BCUT2D eigenvalue weighted by Gasteiger charge is -2.27. The van der Waals surface area contributed by atoms with E-state index in [9.17, 15) is 14.4 Å². The molecule has 0 bridgehead atoms. The first-order chi connectivity index (χ1) is 13.6. The minimum absolute atomic E-state index is 0.310. The van der Waals surface area contributed by atoms with Gasteiger partial charge in [-0.15, -0.1) is 0 Å². The molecule has 1 aliphatic rings. The monoisotopic (exact) mass is 379 g/mol. The molecule has 3 aromatic rings. The zero-order valence-electron chi connectivity index (χ0n) is 15.3. The quantitative estimate of drug-likeness (QED) is 0.320. The second kappa shape index (κ2) is 7.49. The summed E-state index contributed by atoms with van der Waals surface area (Å²) in [5, 5.41) is 4.79. The van der Waals surface area contributed by atoms with Crippen molar-refractivity contribution in [2.24, 2.45) is 5.73 Å². The number of rotatable bonds is 7. The Morgan fingerprint density at radius 1 is 1.04 bits per heavy atom. The highest BCUT2D eigenvalue weighted by Crippen LogP contribution is 2.33. The summed E-state index contributed by atoms with van der Waals surface area (Å²) in [6.07, 6.45) is 2.85. The van der Waals surface area contributed by atoms with Gasteiger partial charge in [0.25, 0.3) is 17.4 Å². The van der Waals surface area contributed by atoms with E-state index in [0.717, 1.165) is 13.0 Å². The third-order valence-electron chi connectivity index (χ3n) is 5.01. The van der Waals surface area contributed by atoms with Gasteiger partial charge in [0, 0.05) is 28.4 Å². The summed E-state index contributed by atoms with van der Waals surface area (Å²) in [7, 11) is 0. The Morgan fingerprint density at radius 3 is 2.64 bits per heavy atom. The lowest BCUT2D eigenvalue weighted by Crippen LogP contribution is -2.41. The molecule has 0 spiro atoms. The molecule has 0 saturated carbocycles. The standard InChI is InChI=1S/C20H21N5O3/c21-6-2-7-22-8-3-9-25-19(27)13-5-1-4-12-16(13)14(20(25)28)10-15-17(12)23-11-24-18(15)26/h1,4-5,10-11,22H,2-3,6-9,21H2,(H,23,24,26). The molecule has 0 fully saturated rings. The molecule has 0 saturated heterocycles. The second-order valence-corrected chi connectivity index (χ2v) is 6.79. The molecule has 2 heterocycles. The van der Waals surface area contributed by atoms with Gasteiger partial charge in [-0.1, -0.05) is 12.1 Å². The van der Waals surface area contributed by atoms with Crippen LogP contribution in [0.25, 0.3) is 21.7 Å². The third kappa shape index (κ3) is 2.96. The summed E-state index contributed by atoms with van der Waals surface area (Å²) >= 11 is 0. The van der Waals surface area contributed by atoms with Crippen LogP contribution in [0.1, 0.15) is 33.6 Å². The third-order valence-corrected chi connectivity index (χ3v) is 5.01. The van der Waals surface area contributed by atoms with E-state index < -0.39 is 0 Å². The summed E-state index contributed by atoms with van der Waals surface area (Å²) in [5.41, 5.74) is 6.47. The van der Waals surface area contributed by atoms with Crippen LogP contribution < -0.4 is 16.6 Å². The number of fused-ring (bicyclic) bond motifs is 2. The Bertz CT molecular complexity index is 1140. The number of hydrogen-bond acceptors (Lipinski definition) is 6. The van der Waals surface area contributed by atoms with Crippen LogP contribution in [0, 0.1) is 0 Å². The number of carbonyl (C=O) groups is 2. The van der Waals surface area contributed by atoms with E-state index in [1.807, 2.05) is 0 Å². The molecule has 144 valence electrons. The minimum atomic E-state index is -0.374. The molecule has 0 radical (unpaired) electrons. The topological polar surface area (TPSA) is 121 Å². The predicted octanol–water partition coefficient (Wildman–Crippen LogP) is 1.00. The fourth-order valence-corrected chi connectivity index (χ4v) is 3.66. The normalized spacial score (nSPS) is 13.7. The minimum Gasteiger partial charge on any atom is -0.330 e. The Kier molecular flexibility index (Phi) is 4.89. The molecule has 0 aliphatic carbocycles. The van der Waals surface area contributed by atoms with E-state index in [4.69, 9.17) is 5.73 Å². The Balaban J connectivity index is 1.72. The molecule has 1 aromatic heterocycles. The molecule has 8 heteroatoms. The Hall–Kier alpha value is -3.10. The van der Waals surface area contributed by atoms with Crippen LogP contribution in [0.4, 0.5) is 0 Å². The SMILES string of the molecule is NCCCNCCCN1C(=O)c2cccc3c2c(cc2c(=O)[nH]cnc23)C1=O. The van der Waals surface area contributed by atoms with Crippen molar-refractivity contribution in [3.05, 3.63) is 52.1 Å². The van der Waals surface area contributed by atoms with Gasteiger partial charge in [-0.25, -0.2) is 4.98 Å². The number of amides is 2. The van der Waals surface area contributed by atoms with E-state index >= 15 is 0 Å². The van der Waals surface area contributed by atoms with Gasteiger partial charge < -0.3 is 16.0 Å². The second-order valence-electron chi connectivity index (χ2n) is 6.79. The maximum atomic E-state index is 13.1. The highest BCUT2D eigenvalue weighted by atomic mass is 16.2.